The summed E-state index contributed by atoms with van der Waals surface area (Å²) >= 11 is 0. The van der Waals surface area contributed by atoms with E-state index in [4.69, 9.17) is 4.74 Å². The highest BCUT2D eigenvalue weighted by molar-refractivity contribution is 6.00. The molecule has 2 amide bonds. The molecule has 0 aliphatic rings. The summed E-state index contributed by atoms with van der Waals surface area (Å²) in [6, 6.07) is 17.8. The molecule has 0 radical (unpaired) electrons. The van der Waals surface area contributed by atoms with E-state index in [0.717, 1.165) is 11.1 Å². The lowest BCUT2D eigenvalue weighted by Crippen LogP contribution is -2.48. The standard InChI is InChI=1S/C30H38N2O5/c1-5-13-25(19-23-15-9-7-10-16-23)30(36)37-27(24-17-11-8-12-18-24)22(4)32-29(35)26(14-6-2)28(34)31-21(3)20-33/h5-12,15-18,21-22,25-27,33H,1-2,13-14,19-20H2,3-4H3,(H,31,34)(H,32,35)/t21-,22-,25+,26?,27-/m1/s1. The summed E-state index contributed by atoms with van der Waals surface area (Å²) in [6.07, 6.45) is 3.49. The molecule has 0 heterocycles. The number of hydrogen-bond acceptors (Lipinski definition) is 5. The predicted octanol–water partition coefficient (Wildman–Crippen LogP) is 3.90. The van der Waals surface area contributed by atoms with Gasteiger partial charge in [-0.15, -0.1) is 13.2 Å². The van der Waals surface area contributed by atoms with Gasteiger partial charge in [0.15, 0.2) is 0 Å². The van der Waals surface area contributed by atoms with Gasteiger partial charge in [0.2, 0.25) is 11.8 Å². The lowest BCUT2D eigenvalue weighted by atomic mass is 9.95. The van der Waals surface area contributed by atoms with Crippen LogP contribution in [0.15, 0.2) is 86.0 Å². The monoisotopic (exact) mass is 506 g/mol. The SMILES string of the molecule is C=CCC(C(=O)N[C@H](C)CO)C(=O)N[C@H](C)[C@@H](OC(=O)[C@@H](CC=C)Cc1ccccc1)c1ccccc1. The van der Waals surface area contributed by atoms with Crippen LogP contribution in [-0.2, 0) is 25.5 Å². The van der Waals surface area contributed by atoms with Gasteiger partial charge < -0.3 is 20.5 Å². The number of carbonyl (C=O) groups is 3. The molecule has 0 bridgehead atoms. The molecule has 3 N–H and O–H groups in total. The number of nitrogens with one attached hydrogen (secondary N) is 2. The maximum atomic E-state index is 13.3. The fraction of sp³-hybridized carbons (Fsp3) is 0.367. The van der Waals surface area contributed by atoms with Crippen molar-refractivity contribution in [1.82, 2.24) is 10.6 Å². The number of aliphatic hydroxyl groups is 1. The van der Waals surface area contributed by atoms with E-state index in [0.29, 0.717) is 12.8 Å². The number of amides is 2. The summed E-state index contributed by atoms with van der Waals surface area (Å²) in [5.41, 5.74) is 1.73. The molecule has 0 spiro atoms. The van der Waals surface area contributed by atoms with Crippen molar-refractivity contribution in [2.75, 3.05) is 6.61 Å². The van der Waals surface area contributed by atoms with Crippen molar-refractivity contribution in [2.45, 2.75) is 51.3 Å². The van der Waals surface area contributed by atoms with Gasteiger partial charge in [0.05, 0.1) is 18.6 Å². The highest BCUT2D eigenvalue weighted by Gasteiger charge is 2.32. The molecular weight excluding hydrogens is 468 g/mol. The van der Waals surface area contributed by atoms with Crippen molar-refractivity contribution >= 4 is 17.8 Å². The molecule has 0 aliphatic heterocycles. The second-order valence-electron chi connectivity index (χ2n) is 9.15. The van der Waals surface area contributed by atoms with Crippen LogP contribution in [0, 0.1) is 11.8 Å². The zero-order valence-electron chi connectivity index (χ0n) is 21.6. The van der Waals surface area contributed by atoms with Gasteiger partial charge in [-0.1, -0.05) is 72.8 Å². The maximum absolute atomic E-state index is 13.3. The van der Waals surface area contributed by atoms with Crippen LogP contribution in [0.3, 0.4) is 0 Å². The number of benzene rings is 2. The molecule has 7 nitrogen and oxygen atoms in total. The van der Waals surface area contributed by atoms with Crippen LogP contribution < -0.4 is 10.6 Å². The number of carbonyl (C=O) groups excluding carboxylic acids is 3. The quantitative estimate of drug-likeness (QED) is 0.193. The van der Waals surface area contributed by atoms with Crippen molar-refractivity contribution in [3.63, 3.8) is 0 Å². The molecule has 198 valence electrons. The number of allylic oxidation sites excluding steroid dienone is 2. The van der Waals surface area contributed by atoms with E-state index >= 15 is 0 Å². The molecule has 37 heavy (non-hydrogen) atoms. The normalized spacial score (nSPS) is 14.8. The minimum atomic E-state index is -1.03. The smallest absolute Gasteiger partial charge is 0.310 e. The predicted molar refractivity (Wildman–Crippen MR) is 144 cm³/mol. The summed E-state index contributed by atoms with van der Waals surface area (Å²) < 4.78 is 6.01. The zero-order chi connectivity index (χ0) is 27.2. The van der Waals surface area contributed by atoms with E-state index < -0.39 is 47.8 Å². The molecule has 2 aromatic rings. The van der Waals surface area contributed by atoms with E-state index in [1.807, 2.05) is 60.7 Å². The van der Waals surface area contributed by atoms with Gasteiger partial charge in [0.1, 0.15) is 12.0 Å². The summed E-state index contributed by atoms with van der Waals surface area (Å²) in [7, 11) is 0. The first-order valence-electron chi connectivity index (χ1n) is 12.5. The Bertz CT molecular complexity index is 1020. The Hall–Kier alpha value is -3.71. The minimum Gasteiger partial charge on any atom is -0.455 e. The van der Waals surface area contributed by atoms with Gasteiger partial charge in [-0.05, 0) is 44.2 Å². The molecule has 2 aromatic carbocycles. The number of rotatable bonds is 15. The van der Waals surface area contributed by atoms with Crippen LogP contribution in [0.2, 0.25) is 0 Å². The lowest BCUT2D eigenvalue weighted by Gasteiger charge is -2.28. The van der Waals surface area contributed by atoms with Gasteiger partial charge in [0.25, 0.3) is 0 Å². The Morgan fingerprint density at radius 3 is 2.03 bits per heavy atom. The van der Waals surface area contributed by atoms with E-state index in [9.17, 15) is 19.5 Å². The fourth-order valence-corrected chi connectivity index (χ4v) is 3.98. The maximum Gasteiger partial charge on any atom is 0.310 e. The molecular formula is C30H38N2O5. The van der Waals surface area contributed by atoms with Gasteiger partial charge in [-0.3, -0.25) is 14.4 Å². The average molecular weight is 507 g/mol. The van der Waals surface area contributed by atoms with Crippen LogP contribution >= 0.6 is 0 Å². The van der Waals surface area contributed by atoms with Crippen LogP contribution in [0.5, 0.6) is 0 Å². The second kappa shape index (κ2) is 15.4. The lowest BCUT2D eigenvalue weighted by molar-refractivity contribution is -0.157. The summed E-state index contributed by atoms with van der Waals surface area (Å²) in [5.74, 6) is -2.89. The Balaban J connectivity index is 2.23. The van der Waals surface area contributed by atoms with Gasteiger partial charge in [-0.25, -0.2) is 0 Å². The molecule has 2 rings (SSSR count). The van der Waals surface area contributed by atoms with Crippen molar-refractivity contribution in [1.29, 1.82) is 0 Å². The largest absolute Gasteiger partial charge is 0.455 e. The van der Waals surface area contributed by atoms with Crippen LogP contribution in [0.1, 0.15) is 43.9 Å². The Morgan fingerprint density at radius 1 is 0.892 bits per heavy atom. The van der Waals surface area contributed by atoms with Gasteiger partial charge in [-0.2, -0.15) is 0 Å². The third kappa shape index (κ3) is 9.35. The average Bonchev–Trinajstić information content (AvgIpc) is 2.90. The zero-order valence-corrected chi connectivity index (χ0v) is 21.6. The van der Waals surface area contributed by atoms with Crippen molar-refractivity contribution in [2.24, 2.45) is 11.8 Å². The highest BCUT2D eigenvalue weighted by Crippen LogP contribution is 2.25. The summed E-state index contributed by atoms with van der Waals surface area (Å²) in [5, 5.41) is 14.7. The van der Waals surface area contributed by atoms with E-state index in [1.165, 1.54) is 6.08 Å². The second-order valence-corrected chi connectivity index (χ2v) is 9.15. The molecule has 1 unspecified atom stereocenters. The third-order valence-electron chi connectivity index (χ3n) is 6.00. The first kappa shape index (κ1) is 29.5. The minimum absolute atomic E-state index is 0.122. The highest BCUT2D eigenvalue weighted by atomic mass is 16.5. The topological polar surface area (TPSA) is 105 Å². The Kier molecular flexibility index (Phi) is 12.3. The molecule has 0 fully saturated rings. The first-order valence-corrected chi connectivity index (χ1v) is 12.5. The number of hydrogen-bond donors (Lipinski definition) is 3. The van der Waals surface area contributed by atoms with E-state index in [2.05, 4.69) is 23.8 Å². The van der Waals surface area contributed by atoms with Gasteiger partial charge >= 0.3 is 5.97 Å². The first-order chi connectivity index (χ1) is 17.8. The van der Waals surface area contributed by atoms with Crippen LogP contribution in [0.4, 0.5) is 0 Å². The summed E-state index contributed by atoms with van der Waals surface area (Å²) in [6.45, 7) is 10.6. The van der Waals surface area contributed by atoms with Crippen molar-refractivity contribution < 1.29 is 24.2 Å². The molecule has 5 atom stereocenters. The number of ether oxygens (including phenoxy) is 1. The van der Waals surface area contributed by atoms with Crippen LogP contribution in [0.25, 0.3) is 0 Å². The van der Waals surface area contributed by atoms with Gasteiger partial charge in [0, 0.05) is 6.04 Å². The molecule has 7 heteroatoms. The number of esters is 1. The Morgan fingerprint density at radius 2 is 1.46 bits per heavy atom. The molecule has 0 saturated heterocycles. The molecule has 0 saturated carbocycles. The van der Waals surface area contributed by atoms with Crippen LogP contribution in [-0.4, -0.2) is 41.6 Å². The number of aliphatic hydroxyl groups excluding tert-OH is 1. The summed E-state index contributed by atoms with van der Waals surface area (Å²) in [4.78, 5) is 39.1. The van der Waals surface area contributed by atoms with Crippen molar-refractivity contribution in [3.8, 4) is 0 Å². The van der Waals surface area contributed by atoms with E-state index in [1.54, 1.807) is 19.9 Å². The molecule has 0 aromatic heterocycles. The third-order valence-corrected chi connectivity index (χ3v) is 6.00. The van der Waals surface area contributed by atoms with Crippen molar-refractivity contribution in [3.05, 3.63) is 97.1 Å². The molecule has 0 aliphatic carbocycles. The Labute approximate surface area is 219 Å². The van der Waals surface area contributed by atoms with E-state index in [-0.39, 0.29) is 13.0 Å². The fourth-order valence-electron chi connectivity index (χ4n) is 3.98.